The summed E-state index contributed by atoms with van der Waals surface area (Å²) in [6.45, 7) is 3.09. The summed E-state index contributed by atoms with van der Waals surface area (Å²) in [7, 11) is 0. The second-order valence-corrected chi connectivity index (χ2v) is 10.5. The lowest BCUT2D eigenvalue weighted by molar-refractivity contribution is -0.122. The van der Waals surface area contributed by atoms with Crippen LogP contribution in [0.3, 0.4) is 0 Å². The summed E-state index contributed by atoms with van der Waals surface area (Å²) in [5.74, 6) is 0.872. The number of imide groups is 1. The average Bonchev–Trinajstić information content (AvgIpc) is 3.11. The number of thioether (sulfide) groups is 1. The Morgan fingerprint density at radius 1 is 0.943 bits per heavy atom. The first-order valence-electron chi connectivity index (χ1n) is 11.1. The van der Waals surface area contributed by atoms with E-state index in [2.05, 4.69) is 31.9 Å². The van der Waals surface area contributed by atoms with Crippen molar-refractivity contribution in [3.8, 4) is 11.5 Å². The minimum Gasteiger partial charge on any atom is -0.490 e. The summed E-state index contributed by atoms with van der Waals surface area (Å²) >= 11 is 7.97. The van der Waals surface area contributed by atoms with Crippen LogP contribution in [0.5, 0.6) is 11.5 Å². The molecular weight excluding hydrogens is 594 g/mol. The maximum atomic E-state index is 12.9. The molecule has 0 aromatic heterocycles. The van der Waals surface area contributed by atoms with E-state index in [9.17, 15) is 9.59 Å². The zero-order valence-corrected chi connectivity index (χ0v) is 23.0. The molecule has 0 N–H and O–H groups in total. The fourth-order valence-electron chi connectivity index (χ4n) is 3.54. The maximum absolute atomic E-state index is 12.9. The molecule has 0 atom stereocenters. The monoisotopic (exact) mass is 615 g/mol. The summed E-state index contributed by atoms with van der Waals surface area (Å²) < 4.78 is 13.6. The van der Waals surface area contributed by atoms with Gasteiger partial charge in [-0.3, -0.25) is 14.5 Å². The van der Waals surface area contributed by atoms with Gasteiger partial charge in [-0.2, -0.15) is 0 Å². The van der Waals surface area contributed by atoms with E-state index in [-0.39, 0.29) is 11.1 Å². The van der Waals surface area contributed by atoms with Crippen molar-refractivity contribution in [2.45, 2.75) is 20.0 Å². The third kappa shape index (κ3) is 6.57. The van der Waals surface area contributed by atoms with Crippen molar-refractivity contribution in [3.05, 3.63) is 97.3 Å². The van der Waals surface area contributed by atoms with Gasteiger partial charge in [0.05, 0.1) is 16.0 Å². The predicted molar refractivity (Wildman–Crippen MR) is 147 cm³/mol. The highest BCUT2D eigenvalue weighted by atomic mass is 79.9. The minimum atomic E-state index is -0.277. The van der Waals surface area contributed by atoms with Gasteiger partial charge in [0, 0.05) is 11.0 Å². The van der Waals surface area contributed by atoms with E-state index in [1.54, 1.807) is 6.08 Å². The molecule has 2 amide bonds. The van der Waals surface area contributed by atoms with Gasteiger partial charge in [-0.25, -0.2) is 0 Å². The number of ether oxygens (including phenoxy) is 2. The molecule has 4 rings (SSSR count). The average molecular weight is 617 g/mol. The van der Waals surface area contributed by atoms with Crippen molar-refractivity contribution < 1.29 is 19.1 Å². The minimum absolute atomic E-state index is 0.254. The predicted octanol–water partition coefficient (Wildman–Crippen LogP) is 7.47. The lowest BCUT2D eigenvalue weighted by Crippen LogP contribution is -2.30. The van der Waals surface area contributed by atoms with E-state index in [0.29, 0.717) is 47.1 Å². The lowest BCUT2D eigenvalue weighted by atomic mass is 10.1. The van der Waals surface area contributed by atoms with Crippen molar-refractivity contribution >= 4 is 60.8 Å². The fourth-order valence-corrected chi connectivity index (χ4v) is 5.24. The normalized spacial score (nSPS) is 14.6. The van der Waals surface area contributed by atoms with Crippen LogP contribution in [0.25, 0.3) is 6.08 Å². The maximum Gasteiger partial charge on any atom is 0.293 e. The zero-order chi connectivity index (χ0) is 24.8. The van der Waals surface area contributed by atoms with Crippen LogP contribution >= 0.6 is 43.6 Å². The topological polar surface area (TPSA) is 55.8 Å². The van der Waals surface area contributed by atoms with E-state index in [1.807, 2.05) is 73.7 Å². The smallest absolute Gasteiger partial charge is 0.293 e. The molecule has 1 aliphatic rings. The van der Waals surface area contributed by atoms with Crippen LogP contribution in [0.2, 0.25) is 0 Å². The second-order valence-electron chi connectivity index (χ2n) is 7.75. The summed E-state index contributed by atoms with van der Waals surface area (Å²) in [5.41, 5.74) is 2.85. The Bertz CT molecular complexity index is 1250. The molecule has 1 aliphatic heterocycles. The number of rotatable bonds is 9. The van der Waals surface area contributed by atoms with E-state index in [1.165, 1.54) is 4.90 Å². The summed E-state index contributed by atoms with van der Waals surface area (Å²) in [6.07, 6.45) is 2.34. The highest BCUT2D eigenvalue weighted by molar-refractivity contribution is 9.10. The molecule has 0 saturated carbocycles. The summed E-state index contributed by atoms with van der Waals surface area (Å²) in [6, 6.07) is 21.4. The van der Waals surface area contributed by atoms with Crippen molar-refractivity contribution in [1.82, 2.24) is 4.90 Å². The molecule has 1 fully saturated rings. The number of nitrogens with zero attached hydrogens (tertiary/aromatic N) is 1. The SMILES string of the molecule is CCOc1cc(/C=C2\SC(=O)N(CCc3ccccc3)C2=O)cc(Br)c1OCc1ccc(Br)cc1. The van der Waals surface area contributed by atoms with Crippen molar-refractivity contribution in [1.29, 1.82) is 0 Å². The van der Waals surface area contributed by atoms with Gasteiger partial charge in [0.15, 0.2) is 11.5 Å². The molecule has 1 heterocycles. The molecule has 35 heavy (non-hydrogen) atoms. The Hall–Kier alpha value is -2.55. The van der Waals surface area contributed by atoms with Crippen LogP contribution in [0.1, 0.15) is 23.6 Å². The Balaban J connectivity index is 1.50. The number of carbonyl (C=O) groups is 2. The molecule has 180 valence electrons. The Morgan fingerprint density at radius 2 is 1.69 bits per heavy atom. The molecule has 0 unspecified atom stereocenters. The number of benzene rings is 3. The second kappa shape index (κ2) is 11.9. The third-order valence-corrected chi connectivity index (χ3v) is 7.29. The van der Waals surface area contributed by atoms with Gasteiger partial charge in [-0.1, -0.05) is 58.4 Å². The highest BCUT2D eigenvalue weighted by Gasteiger charge is 2.34. The molecule has 0 bridgehead atoms. The van der Waals surface area contributed by atoms with Crippen LogP contribution in [-0.2, 0) is 17.8 Å². The number of hydrogen-bond acceptors (Lipinski definition) is 5. The van der Waals surface area contributed by atoms with Crippen LogP contribution in [0.4, 0.5) is 4.79 Å². The standard InChI is InChI=1S/C27H23Br2NO4S/c1-2-33-23-15-20(14-22(29)25(23)34-17-19-8-10-21(28)11-9-19)16-24-26(31)30(27(32)35-24)13-12-18-6-4-3-5-7-18/h3-11,14-16H,2,12-13,17H2,1H3/b24-16-. The number of halogens is 2. The first-order valence-corrected chi connectivity index (χ1v) is 13.5. The Labute approximate surface area is 225 Å². The molecule has 0 radical (unpaired) electrons. The van der Waals surface area contributed by atoms with Gasteiger partial charge in [0.2, 0.25) is 0 Å². The molecule has 0 spiro atoms. The first kappa shape index (κ1) is 25.5. The van der Waals surface area contributed by atoms with Gasteiger partial charge in [-0.15, -0.1) is 0 Å². The fraction of sp³-hybridized carbons (Fsp3) is 0.185. The lowest BCUT2D eigenvalue weighted by Gasteiger charge is -2.15. The van der Waals surface area contributed by atoms with Crippen LogP contribution in [0.15, 0.2) is 80.6 Å². The largest absolute Gasteiger partial charge is 0.490 e. The summed E-state index contributed by atoms with van der Waals surface area (Å²) in [5, 5.41) is -0.254. The Kier molecular flexibility index (Phi) is 8.70. The molecule has 8 heteroatoms. The molecule has 1 saturated heterocycles. The Morgan fingerprint density at radius 3 is 2.40 bits per heavy atom. The van der Waals surface area contributed by atoms with Crippen LogP contribution in [0, 0.1) is 0 Å². The van der Waals surface area contributed by atoms with Crippen LogP contribution in [-0.4, -0.2) is 29.2 Å². The van der Waals surface area contributed by atoms with Gasteiger partial charge >= 0.3 is 0 Å². The third-order valence-electron chi connectivity index (χ3n) is 5.27. The van der Waals surface area contributed by atoms with E-state index in [0.717, 1.165) is 32.9 Å². The van der Waals surface area contributed by atoms with Crippen molar-refractivity contribution in [2.24, 2.45) is 0 Å². The zero-order valence-electron chi connectivity index (χ0n) is 19.0. The molecule has 5 nitrogen and oxygen atoms in total. The number of carbonyl (C=O) groups excluding carboxylic acids is 2. The van der Waals surface area contributed by atoms with Gasteiger partial charge in [0.1, 0.15) is 6.61 Å². The number of hydrogen-bond donors (Lipinski definition) is 0. The van der Waals surface area contributed by atoms with Crippen LogP contribution < -0.4 is 9.47 Å². The van der Waals surface area contributed by atoms with E-state index in [4.69, 9.17) is 9.47 Å². The van der Waals surface area contributed by atoms with Gasteiger partial charge in [0.25, 0.3) is 11.1 Å². The first-order chi connectivity index (χ1) is 16.9. The van der Waals surface area contributed by atoms with Crippen molar-refractivity contribution in [2.75, 3.05) is 13.2 Å². The quantitative estimate of drug-likeness (QED) is 0.233. The summed E-state index contributed by atoms with van der Waals surface area (Å²) in [4.78, 5) is 27.1. The molecule has 3 aromatic rings. The van der Waals surface area contributed by atoms with E-state index < -0.39 is 0 Å². The molecule has 3 aromatic carbocycles. The van der Waals surface area contributed by atoms with E-state index >= 15 is 0 Å². The van der Waals surface area contributed by atoms with Gasteiger partial charge in [-0.05, 0) is 88.1 Å². The number of amides is 2. The van der Waals surface area contributed by atoms with Crippen molar-refractivity contribution in [3.63, 3.8) is 0 Å². The van der Waals surface area contributed by atoms with Gasteiger partial charge < -0.3 is 9.47 Å². The molecular formula is C27H23Br2NO4S. The molecule has 0 aliphatic carbocycles. The highest BCUT2D eigenvalue weighted by Crippen LogP contribution is 2.39.